The van der Waals surface area contributed by atoms with Gasteiger partial charge in [-0.25, -0.2) is 0 Å². The summed E-state index contributed by atoms with van der Waals surface area (Å²) in [4.78, 5) is 3.18. The van der Waals surface area contributed by atoms with Crippen molar-refractivity contribution >= 4 is 6.21 Å². The van der Waals surface area contributed by atoms with Gasteiger partial charge in [-0.1, -0.05) is 0 Å². The van der Waals surface area contributed by atoms with Crippen molar-refractivity contribution in [3.8, 4) is 0 Å². The third-order valence-corrected chi connectivity index (χ3v) is 0.775. The zero-order chi connectivity index (χ0) is 8.20. The number of rotatable bonds is 1. The Labute approximate surface area is 56.2 Å². The molecule has 5 heteroatoms. The molecule has 0 bridgehead atoms. The highest BCUT2D eigenvalue weighted by atomic mass is 19.4. The van der Waals surface area contributed by atoms with E-state index in [0.29, 0.717) is 12.4 Å². The molecule has 0 aromatic heterocycles. The van der Waals surface area contributed by atoms with Crippen molar-refractivity contribution in [1.82, 2.24) is 0 Å². The second-order valence-corrected chi connectivity index (χ2v) is 1.51. The fourth-order valence-corrected chi connectivity index (χ4v) is 0.350. The van der Waals surface area contributed by atoms with Crippen LogP contribution in [0.2, 0.25) is 0 Å². The largest absolute Gasteiger partial charge is 0.419 e. The van der Waals surface area contributed by atoms with Gasteiger partial charge in [-0.15, -0.1) is 0 Å². The molecule has 0 aliphatic carbocycles. The predicted octanol–water partition coefficient (Wildman–Crippen LogP) is 1.09. The van der Waals surface area contributed by atoms with Gasteiger partial charge in [0.2, 0.25) is 0 Å². The van der Waals surface area contributed by atoms with Crippen molar-refractivity contribution in [1.29, 1.82) is 0 Å². The monoisotopic (exact) mass is 152 g/mol. The number of allylic oxidation sites excluding steroid dienone is 1. The molecule has 0 spiro atoms. The van der Waals surface area contributed by atoms with E-state index in [-0.39, 0.29) is 0 Å². The van der Waals surface area contributed by atoms with Crippen LogP contribution in [0.15, 0.2) is 16.8 Å². The minimum atomic E-state index is -4.39. The molecule has 0 fully saturated rings. The van der Waals surface area contributed by atoms with E-state index in [0.717, 1.165) is 0 Å². The van der Waals surface area contributed by atoms with Crippen LogP contribution in [0.25, 0.3) is 0 Å². The first-order chi connectivity index (χ1) is 4.52. The summed E-state index contributed by atoms with van der Waals surface area (Å²) < 4.78 is 35.0. The normalized spacial score (nSPS) is 14.6. The molecule has 0 unspecified atom stereocenters. The Kier molecular flexibility index (Phi) is 2.92. The van der Waals surface area contributed by atoms with Gasteiger partial charge in [-0.2, -0.15) is 13.2 Å². The highest BCUT2D eigenvalue weighted by molar-refractivity contribution is 5.79. The van der Waals surface area contributed by atoms with Gasteiger partial charge in [-0.05, 0) is 0 Å². The van der Waals surface area contributed by atoms with E-state index >= 15 is 0 Å². The molecule has 0 heterocycles. The lowest BCUT2D eigenvalue weighted by Gasteiger charge is -2.03. The van der Waals surface area contributed by atoms with Gasteiger partial charge in [-0.3, -0.25) is 4.99 Å². The van der Waals surface area contributed by atoms with Gasteiger partial charge < -0.3 is 5.73 Å². The molecule has 58 valence electrons. The Bertz CT molecular complexity index is 157. The summed E-state index contributed by atoms with van der Waals surface area (Å²) in [5.74, 6) is 0. The zero-order valence-electron chi connectivity index (χ0n) is 5.31. The maximum absolute atomic E-state index is 11.7. The molecule has 0 rings (SSSR count). The first kappa shape index (κ1) is 9.00. The maximum Gasteiger partial charge on any atom is 0.419 e. The molecule has 0 amide bonds. The van der Waals surface area contributed by atoms with Crippen molar-refractivity contribution in [3.05, 3.63) is 11.8 Å². The predicted molar refractivity (Wildman–Crippen MR) is 32.7 cm³/mol. The van der Waals surface area contributed by atoms with Gasteiger partial charge in [0.15, 0.2) is 0 Å². The van der Waals surface area contributed by atoms with Crippen LogP contribution in [0.1, 0.15) is 0 Å². The molecule has 0 aliphatic rings. The van der Waals surface area contributed by atoms with Crippen molar-refractivity contribution in [3.63, 3.8) is 0 Å². The minimum absolute atomic E-state index is 0.479. The molecule has 0 saturated heterocycles. The summed E-state index contributed by atoms with van der Waals surface area (Å²) >= 11 is 0. The first-order valence-corrected chi connectivity index (χ1v) is 2.43. The smallest absolute Gasteiger partial charge is 0.404 e. The highest BCUT2D eigenvalue weighted by Crippen LogP contribution is 2.22. The molecule has 0 atom stereocenters. The summed E-state index contributed by atoms with van der Waals surface area (Å²) in [6.07, 6.45) is -3.25. The summed E-state index contributed by atoms with van der Waals surface area (Å²) in [5.41, 5.74) is 3.74. The number of hydrogen-bond acceptors (Lipinski definition) is 2. The molecule has 0 aliphatic heterocycles. The van der Waals surface area contributed by atoms with Crippen LogP contribution >= 0.6 is 0 Å². The number of nitrogens with zero attached hydrogens (tertiary/aromatic N) is 1. The number of alkyl halides is 3. The molecular weight excluding hydrogens is 145 g/mol. The first-order valence-electron chi connectivity index (χ1n) is 2.43. The standard InChI is InChI=1S/C5H7F3N2/c1-10-3-4(2-9)5(6,7)8/h2-3H,9H2,1H3. The average Bonchev–Trinajstić information content (AvgIpc) is 1.80. The quantitative estimate of drug-likeness (QED) is 0.561. The maximum atomic E-state index is 11.7. The molecule has 0 aromatic carbocycles. The van der Waals surface area contributed by atoms with E-state index in [2.05, 4.69) is 10.7 Å². The van der Waals surface area contributed by atoms with Crippen LogP contribution in [0.5, 0.6) is 0 Å². The summed E-state index contributed by atoms with van der Waals surface area (Å²) in [7, 11) is 1.25. The van der Waals surface area contributed by atoms with E-state index in [1.165, 1.54) is 7.05 Å². The van der Waals surface area contributed by atoms with Crippen molar-refractivity contribution in [2.75, 3.05) is 7.05 Å². The van der Waals surface area contributed by atoms with Gasteiger partial charge >= 0.3 is 6.18 Å². The lowest BCUT2D eigenvalue weighted by atomic mass is 10.3. The minimum Gasteiger partial charge on any atom is -0.404 e. The number of hydrogen-bond donors (Lipinski definition) is 1. The summed E-state index contributed by atoms with van der Waals surface area (Å²) in [6, 6.07) is 0. The van der Waals surface area contributed by atoms with Crippen LogP contribution in [-0.4, -0.2) is 19.4 Å². The van der Waals surface area contributed by atoms with Crippen molar-refractivity contribution in [2.45, 2.75) is 6.18 Å². The molecular formula is C5H7F3N2. The van der Waals surface area contributed by atoms with E-state index in [4.69, 9.17) is 0 Å². The van der Waals surface area contributed by atoms with E-state index < -0.39 is 11.7 Å². The number of nitrogens with two attached hydrogens (primary N) is 1. The van der Waals surface area contributed by atoms with Crippen molar-refractivity contribution in [2.24, 2.45) is 10.7 Å². The van der Waals surface area contributed by atoms with Gasteiger partial charge in [0.1, 0.15) is 0 Å². The Morgan fingerprint density at radius 1 is 1.50 bits per heavy atom. The Balaban J connectivity index is 4.39. The summed E-state index contributed by atoms with van der Waals surface area (Å²) in [6.45, 7) is 0. The fraction of sp³-hybridized carbons (Fsp3) is 0.400. The lowest BCUT2D eigenvalue weighted by molar-refractivity contribution is -0.0857. The van der Waals surface area contributed by atoms with E-state index in [1.807, 2.05) is 0 Å². The average molecular weight is 152 g/mol. The Hall–Kier alpha value is -1.00. The van der Waals surface area contributed by atoms with Gasteiger partial charge in [0, 0.05) is 19.5 Å². The van der Waals surface area contributed by atoms with Crippen LogP contribution in [-0.2, 0) is 0 Å². The number of halogens is 3. The topological polar surface area (TPSA) is 38.4 Å². The fourth-order valence-electron chi connectivity index (χ4n) is 0.350. The molecule has 2 N–H and O–H groups in total. The second kappa shape index (κ2) is 3.24. The zero-order valence-corrected chi connectivity index (χ0v) is 5.31. The van der Waals surface area contributed by atoms with Crippen LogP contribution in [0.4, 0.5) is 13.2 Å². The number of aliphatic imine (C=N–C) groups is 1. The highest BCUT2D eigenvalue weighted by Gasteiger charge is 2.31. The van der Waals surface area contributed by atoms with E-state index in [1.54, 1.807) is 0 Å². The van der Waals surface area contributed by atoms with Gasteiger partial charge in [0.05, 0.1) is 5.57 Å². The Morgan fingerprint density at radius 3 is 2.10 bits per heavy atom. The third-order valence-electron chi connectivity index (χ3n) is 0.775. The molecule has 0 saturated carbocycles. The van der Waals surface area contributed by atoms with Crippen molar-refractivity contribution < 1.29 is 13.2 Å². The Morgan fingerprint density at radius 2 is 2.00 bits per heavy atom. The lowest BCUT2D eigenvalue weighted by Crippen LogP contribution is -2.14. The van der Waals surface area contributed by atoms with E-state index in [9.17, 15) is 13.2 Å². The molecule has 0 aromatic rings. The van der Waals surface area contributed by atoms with Crippen LogP contribution < -0.4 is 5.73 Å². The second-order valence-electron chi connectivity index (χ2n) is 1.51. The molecule has 10 heavy (non-hydrogen) atoms. The van der Waals surface area contributed by atoms with Crippen LogP contribution in [0.3, 0.4) is 0 Å². The SMILES string of the molecule is CN=CC(=CN)C(F)(F)F. The van der Waals surface area contributed by atoms with Crippen LogP contribution in [0, 0.1) is 0 Å². The third kappa shape index (κ3) is 2.52. The molecule has 0 radical (unpaired) electrons. The summed E-state index contributed by atoms with van der Waals surface area (Å²) in [5, 5.41) is 0. The van der Waals surface area contributed by atoms with Gasteiger partial charge in [0.25, 0.3) is 0 Å². The molecule has 2 nitrogen and oxygen atoms in total.